The first-order valence-corrected chi connectivity index (χ1v) is 10.5. The second kappa shape index (κ2) is 5.69. The number of nitrogens with one attached hydrogen (secondary N) is 3. The first kappa shape index (κ1) is 16.3. The molecule has 0 atom stereocenters. The molecular formula is C22H27N5O+2. The van der Waals surface area contributed by atoms with E-state index in [-0.39, 0.29) is 11.4 Å². The molecule has 144 valence electrons. The Bertz CT molecular complexity index is 1040. The Hall–Kier alpha value is -2.63. The normalized spacial score (nSPS) is 30.8. The van der Waals surface area contributed by atoms with Gasteiger partial charge in [-0.25, -0.2) is 4.98 Å². The van der Waals surface area contributed by atoms with E-state index in [2.05, 4.69) is 19.8 Å². The van der Waals surface area contributed by atoms with E-state index in [1.54, 1.807) is 0 Å². The Morgan fingerprint density at radius 2 is 1.86 bits per heavy atom. The number of amides is 1. The highest BCUT2D eigenvalue weighted by Gasteiger charge is 2.52. The predicted molar refractivity (Wildman–Crippen MR) is 103 cm³/mol. The van der Waals surface area contributed by atoms with Crippen LogP contribution in [0.5, 0.6) is 0 Å². The Labute approximate surface area is 164 Å². The number of nitrogens with zero attached hydrogens (tertiary/aromatic N) is 2. The van der Waals surface area contributed by atoms with Crippen LogP contribution < -0.4 is 14.4 Å². The third kappa shape index (κ3) is 2.43. The molecule has 0 aromatic carbocycles. The van der Waals surface area contributed by atoms with E-state index in [4.69, 9.17) is 0 Å². The molecular weight excluding hydrogens is 350 g/mol. The zero-order chi connectivity index (χ0) is 18.9. The lowest BCUT2D eigenvalue weighted by Crippen LogP contribution is -2.59. The van der Waals surface area contributed by atoms with Crippen molar-refractivity contribution in [1.29, 1.82) is 0 Å². The molecule has 0 radical (unpaired) electrons. The first-order chi connectivity index (χ1) is 13.6. The van der Waals surface area contributed by atoms with Gasteiger partial charge in [0, 0.05) is 5.54 Å². The smallest absolute Gasteiger partial charge is 0.300 e. The number of hydrogen-bond donors (Lipinski definition) is 3. The number of rotatable bonds is 3. The molecule has 4 aliphatic rings. The van der Waals surface area contributed by atoms with Crippen LogP contribution in [0.4, 0.5) is 0 Å². The molecule has 28 heavy (non-hydrogen) atoms. The summed E-state index contributed by atoms with van der Waals surface area (Å²) in [6.07, 6.45) is 13.6. The van der Waals surface area contributed by atoms with E-state index < -0.39 is 0 Å². The number of imidazole rings is 1. The number of pyridine rings is 1. The minimum Gasteiger partial charge on any atom is -0.343 e. The topological polar surface area (TPSA) is 68.7 Å². The molecule has 3 heterocycles. The SMILES string of the molecule is C[n+]1cc(-c2[nH]c(C(=O)NC34CC5CC(CC(C5)C3)C4)c3cccc[n+]23)c[nH]1. The van der Waals surface area contributed by atoms with Crippen molar-refractivity contribution in [2.45, 2.75) is 44.1 Å². The van der Waals surface area contributed by atoms with Crippen LogP contribution in [0.15, 0.2) is 36.8 Å². The zero-order valence-corrected chi connectivity index (χ0v) is 16.2. The van der Waals surface area contributed by atoms with Gasteiger partial charge in [0.1, 0.15) is 0 Å². The van der Waals surface area contributed by atoms with Crippen LogP contribution in [0.2, 0.25) is 0 Å². The Morgan fingerprint density at radius 1 is 1.14 bits per heavy atom. The molecule has 4 bridgehead atoms. The van der Waals surface area contributed by atoms with Gasteiger partial charge in [-0.15, -0.1) is 4.68 Å². The molecule has 0 aliphatic heterocycles. The molecule has 6 nitrogen and oxygen atoms in total. The van der Waals surface area contributed by atoms with Crippen molar-refractivity contribution in [3.05, 3.63) is 42.5 Å². The average molecular weight is 377 g/mol. The highest BCUT2D eigenvalue weighted by Crippen LogP contribution is 2.55. The van der Waals surface area contributed by atoms with Gasteiger partial charge in [-0.1, -0.05) is 6.07 Å². The number of aryl methyl sites for hydroxylation is 1. The van der Waals surface area contributed by atoms with Gasteiger partial charge < -0.3 is 5.32 Å². The fourth-order valence-corrected chi connectivity index (χ4v) is 6.62. The third-order valence-corrected chi connectivity index (χ3v) is 7.27. The van der Waals surface area contributed by atoms with Crippen molar-refractivity contribution in [1.82, 2.24) is 15.4 Å². The van der Waals surface area contributed by atoms with Crippen LogP contribution in [0, 0.1) is 17.8 Å². The standard InChI is InChI=1S/C22H25N5O/c1-26-13-17(12-23-26)20-24-19(18-4-2-3-5-27(18)20)21(28)25-22-9-14-6-15(10-22)8-16(7-14)11-22/h2-5,12-16H,6-11H2,1H3,(H,25,28)/p+2. The van der Waals surface area contributed by atoms with Gasteiger partial charge in [-0.05, 0) is 68.4 Å². The predicted octanol–water partition coefficient (Wildman–Crippen LogP) is 2.27. The van der Waals surface area contributed by atoms with Gasteiger partial charge in [-0.3, -0.25) is 4.79 Å². The van der Waals surface area contributed by atoms with Crippen LogP contribution in [-0.2, 0) is 7.05 Å². The molecule has 3 aromatic heterocycles. The summed E-state index contributed by atoms with van der Waals surface area (Å²) in [6.45, 7) is 0. The zero-order valence-electron chi connectivity index (χ0n) is 16.2. The van der Waals surface area contributed by atoms with Gasteiger partial charge in [0.25, 0.3) is 11.7 Å². The molecule has 6 heteroatoms. The minimum absolute atomic E-state index is 0.0173. The molecule has 4 saturated carbocycles. The number of fused-ring (bicyclic) bond motifs is 1. The molecule has 7 rings (SSSR count). The van der Waals surface area contributed by atoms with Gasteiger partial charge >= 0.3 is 0 Å². The Balaban J connectivity index is 1.38. The number of carbonyl (C=O) groups is 1. The Kier molecular flexibility index (Phi) is 3.32. The highest BCUT2D eigenvalue weighted by atomic mass is 16.2. The minimum atomic E-state index is 0.0173. The number of carbonyl (C=O) groups excluding carboxylic acids is 1. The average Bonchev–Trinajstić information content (AvgIpc) is 3.23. The van der Waals surface area contributed by atoms with E-state index >= 15 is 0 Å². The lowest BCUT2D eigenvalue weighted by Gasteiger charge is -2.56. The van der Waals surface area contributed by atoms with Gasteiger partial charge in [0.05, 0.1) is 12.4 Å². The summed E-state index contributed by atoms with van der Waals surface area (Å²) in [7, 11) is 1.96. The van der Waals surface area contributed by atoms with E-state index in [0.717, 1.165) is 53.9 Å². The summed E-state index contributed by atoms with van der Waals surface area (Å²) < 4.78 is 3.97. The van der Waals surface area contributed by atoms with Crippen molar-refractivity contribution < 1.29 is 13.9 Å². The molecule has 3 aromatic rings. The second-order valence-electron chi connectivity index (χ2n) is 9.43. The summed E-state index contributed by atoms with van der Waals surface area (Å²) >= 11 is 0. The highest BCUT2D eigenvalue weighted by molar-refractivity contribution is 5.99. The Morgan fingerprint density at radius 3 is 2.50 bits per heavy atom. The summed E-state index contributed by atoms with van der Waals surface area (Å²) in [5.74, 6) is 3.41. The van der Waals surface area contributed by atoms with Gasteiger partial charge in [0.15, 0.2) is 18.1 Å². The van der Waals surface area contributed by atoms with E-state index in [1.807, 2.05) is 48.5 Å². The largest absolute Gasteiger partial charge is 0.343 e. The molecule has 4 fully saturated rings. The fourth-order valence-electron chi connectivity index (χ4n) is 6.62. The lowest BCUT2D eigenvalue weighted by molar-refractivity contribution is -0.726. The van der Waals surface area contributed by atoms with E-state index in [1.165, 1.54) is 19.3 Å². The van der Waals surface area contributed by atoms with Crippen molar-refractivity contribution in [3.63, 3.8) is 0 Å². The third-order valence-electron chi connectivity index (χ3n) is 7.27. The quantitative estimate of drug-likeness (QED) is 0.602. The van der Waals surface area contributed by atoms with Gasteiger partial charge in [-0.2, -0.15) is 9.50 Å². The summed E-state index contributed by atoms with van der Waals surface area (Å²) in [5, 5.41) is 6.66. The van der Waals surface area contributed by atoms with Crippen LogP contribution in [0.1, 0.15) is 49.0 Å². The van der Waals surface area contributed by atoms with Crippen molar-refractivity contribution in [3.8, 4) is 11.4 Å². The fraction of sp³-hybridized carbons (Fsp3) is 0.500. The lowest BCUT2D eigenvalue weighted by atomic mass is 9.53. The van der Waals surface area contributed by atoms with Crippen molar-refractivity contribution >= 4 is 11.4 Å². The van der Waals surface area contributed by atoms with E-state index in [0.29, 0.717) is 5.69 Å². The number of aromatic amines is 2. The summed E-state index contributed by atoms with van der Waals surface area (Å²) in [6, 6.07) is 6.00. The first-order valence-electron chi connectivity index (χ1n) is 10.5. The molecule has 0 saturated heterocycles. The van der Waals surface area contributed by atoms with Crippen molar-refractivity contribution in [2.24, 2.45) is 24.8 Å². The number of H-pyrrole nitrogens is 2. The van der Waals surface area contributed by atoms with Gasteiger partial charge in [0.2, 0.25) is 11.9 Å². The molecule has 0 unspecified atom stereocenters. The van der Waals surface area contributed by atoms with Crippen molar-refractivity contribution in [2.75, 3.05) is 0 Å². The monoisotopic (exact) mass is 377 g/mol. The summed E-state index contributed by atoms with van der Waals surface area (Å²) in [5.41, 5.74) is 2.62. The molecule has 1 amide bonds. The second-order valence-corrected chi connectivity index (χ2v) is 9.43. The summed E-state index contributed by atoms with van der Waals surface area (Å²) in [4.78, 5) is 16.8. The maximum absolute atomic E-state index is 13.4. The van der Waals surface area contributed by atoms with Crippen LogP contribution in [0.3, 0.4) is 0 Å². The maximum atomic E-state index is 13.4. The van der Waals surface area contributed by atoms with Crippen LogP contribution in [0.25, 0.3) is 16.9 Å². The van der Waals surface area contributed by atoms with Crippen LogP contribution in [-0.4, -0.2) is 21.5 Å². The number of hydrogen-bond acceptors (Lipinski definition) is 1. The molecule has 3 N–H and O–H groups in total. The number of aromatic nitrogens is 4. The molecule has 0 spiro atoms. The molecule has 4 aliphatic carbocycles. The van der Waals surface area contributed by atoms with Crippen LogP contribution >= 0.6 is 0 Å². The van der Waals surface area contributed by atoms with E-state index in [9.17, 15) is 4.79 Å². The maximum Gasteiger partial charge on any atom is 0.300 e.